The van der Waals surface area contributed by atoms with Gasteiger partial charge in [0.15, 0.2) is 5.76 Å². The molecule has 0 aliphatic heterocycles. The van der Waals surface area contributed by atoms with Gasteiger partial charge in [0.2, 0.25) is 0 Å². The van der Waals surface area contributed by atoms with Crippen molar-refractivity contribution in [3.05, 3.63) is 75.2 Å². The van der Waals surface area contributed by atoms with Crippen molar-refractivity contribution >= 4 is 29.1 Å². The van der Waals surface area contributed by atoms with Gasteiger partial charge in [-0.2, -0.15) is 0 Å². The first-order chi connectivity index (χ1) is 15.0. The van der Waals surface area contributed by atoms with Gasteiger partial charge in [0.1, 0.15) is 11.5 Å². The molecule has 31 heavy (non-hydrogen) atoms. The van der Waals surface area contributed by atoms with E-state index in [0.717, 1.165) is 12.8 Å². The molecule has 1 fully saturated rings. The highest BCUT2D eigenvalue weighted by atomic mass is 35.5. The molecule has 0 atom stereocenters. The molecule has 0 unspecified atom stereocenters. The Bertz CT molecular complexity index is 1170. The van der Waals surface area contributed by atoms with Gasteiger partial charge in [-0.3, -0.25) is 4.79 Å². The van der Waals surface area contributed by atoms with Crippen molar-refractivity contribution < 1.29 is 13.7 Å². The summed E-state index contributed by atoms with van der Waals surface area (Å²) in [6.07, 6.45) is 4.51. The summed E-state index contributed by atoms with van der Waals surface area (Å²) in [4.78, 5) is 12.4. The number of aromatic nitrogens is 1. The summed E-state index contributed by atoms with van der Waals surface area (Å²) in [7, 11) is 0. The van der Waals surface area contributed by atoms with Gasteiger partial charge < -0.3 is 9.84 Å². The highest BCUT2D eigenvalue weighted by Crippen LogP contribution is 2.30. The maximum absolute atomic E-state index is 14.4. The molecule has 0 bridgehead atoms. The average molecular weight is 457 g/mol. The molecule has 4 nitrogen and oxygen atoms in total. The van der Waals surface area contributed by atoms with Crippen LogP contribution in [0.1, 0.15) is 47.4 Å². The standard InChI is InChI=1S/C24H19Cl2FN2O2/c25-18-9-10-20(21(26)12-18)23-13-19(31-29-23)14-28-24(30)17-8-7-16(22(27)11-17)6-5-15-3-1-2-4-15/h7-13,15H,1-4,14H2,(H,28,30). The van der Waals surface area contributed by atoms with Crippen LogP contribution < -0.4 is 5.32 Å². The van der Waals surface area contributed by atoms with Crippen molar-refractivity contribution in [1.29, 1.82) is 0 Å². The van der Waals surface area contributed by atoms with Gasteiger partial charge in [0.25, 0.3) is 5.91 Å². The number of carbonyl (C=O) groups is 1. The predicted octanol–water partition coefficient (Wildman–Crippen LogP) is 6.26. The molecular weight excluding hydrogens is 438 g/mol. The first kappa shape index (κ1) is 21.4. The van der Waals surface area contributed by atoms with Crippen molar-refractivity contribution in [1.82, 2.24) is 10.5 Å². The van der Waals surface area contributed by atoms with E-state index in [4.69, 9.17) is 27.7 Å². The normalized spacial score (nSPS) is 13.6. The van der Waals surface area contributed by atoms with Crippen LogP contribution in [0.4, 0.5) is 4.39 Å². The molecule has 2 aromatic carbocycles. The van der Waals surface area contributed by atoms with E-state index in [0.29, 0.717) is 38.5 Å². The molecule has 1 aliphatic carbocycles. The number of amides is 1. The van der Waals surface area contributed by atoms with Crippen molar-refractivity contribution in [2.24, 2.45) is 5.92 Å². The summed E-state index contributed by atoms with van der Waals surface area (Å²) >= 11 is 12.1. The number of hydrogen-bond acceptors (Lipinski definition) is 3. The van der Waals surface area contributed by atoms with Crippen molar-refractivity contribution in [2.75, 3.05) is 0 Å². The molecule has 1 amide bonds. The molecule has 1 N–H and O–H groups in total. The van der Waals surface area contributed by atoms with Gasteiger partial charge in [-0.15, -0.1) is 0 Å². The first-order valence-corrected chi connectivity index (χ1v) is 10.8. The predicted molar refractivity (Wildman–Crippen MR) is 118 cm³/mol. The third kappa shape index (κ3) is 5.28. The lowest BCUT2D eigenvalue weighted by molar-refractivity contribution is 0.0946. The van der Waals surface area contributed by atoms with Gasteiger partial charge >= 0.3 is 0 Å². The van der Waals surface area contributed by atoms with Gasteiger partial charge in [-0.05, 0) is 49.2 Å². The lowest BCUT2D eigenvalue weighted by Crippen LogP contribution is -2.22. The lowest BCUT2D eigenvalue weighted by Gasteiger charge is -2.04. The smallest absolute Gasteiger partial charge is 0.251 e. The molecule has 1 saturated carbocycles. The zero-order valence-corrected chi connectivity index (χ0v) is 18.1. The topological polar surface area (TPSA) is 55.1 Å². The summed E-state index contributed by atoms with van der Waals surface area (Å²) < 4.78 is 19.6. The van der Waals surface area contributed by atoms with Gasteiger partial charge in [0.05, 0.1) is 17.1 Å². The zero-order valence-electron chi connectivity index (χ0n) is 16.6. The fourth-order valence-electron chi connectivity index (χ4n) is 3.50. The molecule has 0 saturated heterocycles. The highest BCUT2D eigenvalue weighted by molar-refractivity contribution is 6.36. The van der Waals surface area contributed by atoms with E-state index in [1.807, 2.05) is 0 Å². The third-order valence-corrected chi connectivity index (χ3v) is 5.73. The van der Waals surface area contributed by atoms with E-state index in [-0.39, 0.29) is 12.1 Å². The number of carbonyl (C=O) groups excluding carboxylic acids is 1. The Kier molecular flexibility index (Phi) is 6.60. The number of hydrogen-bond donors (Lipinski definition) is 1. The van der Waals surface area contributed by atoms with Crippen LogP contribution in [0.2, 0.25) is 10.0 Å². The van der Waals surface area contributed by atoms with E-state index >= 15 is 0 Å². The van der Waals surface area contributed by atoms with Gasteiger partial charge in [0, 0.05) is 28.1 Å². The van der Waals surface area contributed by atoms with E-state index < -0.39 is 11.7 Å². The summed E-state index contributed by atoms with van der Waals surface area (Å²) in [5.74, 6) is 5.90. The van der Waals surface area contributed by atoms with Crippen molar-refractivity contribution in [3.8, 4) is 23.1 Å². The average Bonchev–Trinajstić information content (AvgIpc) is 3.43. The molecule has 1 aromatic heterocycles. The number of rotatable bonds is 4. The largest absolute Gasteiger partial charge is 0.359 e. The van der Waals surface area contributed by atoms with Crippen molar-refractivity contribution in [3.63, 3.8) is 0 Å². The van der Waals surface area contributed by atoms with Crippen LogP contribution in [0.5, 0.6) is 0 Å². The van der Waals surface area contributed by atoms with Crippen molar-refractivity contribution in [2.45, 2.75) is 32.2 Å². The Balaban J connectivity index is 1.39. The molecule has 1 heterocycles. The quantitative estimate of drug-likeness (QED) is 0.471. The molecular formula is C24H19Cl2FN2O2. The number of nitrogens with zero attached hydrogens (tertiary/aromatic N) is 1. The minimum Gasteiger partial charge on any atom is -0.359 e. The maximum atomic E-state index is 14.4. The first-order valence-electron chi connectivity index (χ1n) is 10.00. The summed E-state index contributed by atoms with van der Waals surface area (Å²) in [5.41, 5.74) is 1.72. The van der Waals surface area contributed by atoms with E-state index in [2.05, 4.69) is 22.3 Å². The van der Waals surface area contributed by atoms with Crippen LogP contribution in [0.3, 0.4) is 0 Å². The van der Waals surface area contributed by atoms with Crippen LogP contribution >= 0.6 is 23.2 Å². The number of halogens is 3. The van der Waals surface area contributed by atoms with Crippen LogP contribution in [-0.2, 0) is 6.54 Å². The fourth-order valence-corrected chi connectivity index (χ4v) is 4.00. The second-order valence-electron chi connectivity index (χ2n) is 7.43. The Labute approximate surface area is 189 Å². The Hall–Kier alpha value is -2.81. The Morgan fingerprint density at radius 3 is 2.71 bits per heavy atom. The second-order valence-corrected chi connectivity index (χ2v) is 8.27. The molecule has 7 heteroatoms. The highest BCUT2D eigenvalue weighted by Gasteiger charge is 2.14. The molecule has 0 radical (unpaired) electrons. The zero-order chi connectivity index (χ0) is 21.8. The fraction of sp³-hybridized carbons (Fsp3) is 0.250. The van der Waals surface area contributed by atoms with Gasteiger partial charge in [-0.1, -0.05) is 53.0 Å². The lowest BCUT2D eigenvalue weighted by atomic mass is 10.1. The van der Waals surface area contributed by atoms with Crippen LogP contribution in [0.15, 0.2) is 47.0 Å². The minimum absolute atomic E-state index is 0.0991. The summed E-state index contributed by atoms with van der Waals surface area (Å²) in [6, 6.07) is 11.0. The summed E-state index contributed by atoms with van der Waals surface area (Å²) in [5, 5.41) is 7.64. The van der Waals surface area contributed by atoms with E-state index in [1.165, 1.54) is 18.9 Å². The molecule has 4 rings (SSSR count). The van der Waals surface area contributed by atoms with Gasteiger partial charge in [-0.25, -0.2) is 4.39 Å². The molecule has 3 aromatic rings. The summed E-state index contributed by atoms with van der Waals surface area (Å²) in [6.45, 7) is 0.0991. The molecule has 1 aliphatic rings. The SMILES string of the molecule is O=C(NCc1cc(-c2ccc(Cl)cc2Cl)no1)c1ccc(C#CC2CCCC2)c(F)c1. The van der Waals surface area contributed by atoms with E-state index in [9.17, 15) is 9.18 Å². The van der Waals surface area contributed by atoms with E-state index in [1.54, 1.807) is 36.4 Å². The van der Waals surface area contributed by atoms with Crippen LogP contribution in [0.25, 0.3) is 11.3 Å². The maximum Gasteiger partial charge on any atom is 0.251 e. The Morgan fingerprint density at radius 2 is 1.97 bits per heavy atom. The van der Waals surface area contributed by atoms with Crippen LogP contribution in [-0.4, -0.2) is 11.1 Å². The van der Waals surface area contributed by atoms with Crippen LogP contribution in [0, 0.1) is 23.6 Å². The number of nitrogens with one attached hydrogen (secondary N) is 1. The third-order valence-electron chi connectivity index (χ3n) is 5.19. The number of benzene rings is 2. The Morgan fingerprint density at radius 1 is 1.16 bits per heavy atom. The minimum atomic E-state index is -0.502. The monoisotopic (exact) mass is 456 g/mol. The molecule has 158 valence electrons. The second kappa shape index (κ2) is 9.55. The molecule has 0 spiro atoms.